The van der Waals surface area contributed by atoms with Crippen molar-refractivity contribution >= 4 is 11.6 Å². The van der Waals surface area contributed by atoms with Gasteiger partial charge in [-0.25, -0.2) is 4.39 Å². The molecule has 116 valence electrons. The number of hydrogen-bond acceptors (Lipinski definition) is 3. The van der Waals surface area contributed by atoms with Crippen molar-refractivity contribution in [3.05, 3.63) is 30.1 Å². The molecule has 1 aliphatic rings. The highest BCUT2D eigenvalue weighted by Crippen LogP contribution is 2.20. The van der Waals surface area contributed by atoms with Crippen molar-refractivity contribution in [1.29, 1.82) is 0 Å². The third-order valence-corrected chi connectivity index (χ3v) is 3.73. The lowest BCUT2D eigenvalue weighted by molar-refractivity contribution is -0.132. The highest BCUT2D eigenvalue weighted by molar-refractivity contribution is 5.80. The Balaban J connectivity index is 1.93. The van der Waals surface area contributed by atoms with E-state index in [0.717, 1.165) is 25.1 Å². The monoisotopic (exact) mass is 294 g/mol. The van der Waals surface area contributed by atoms with E-state index in [2.05, 4.69) is 10.2 Å². The number of amides is 1. The van der Waals surface area contributed by atoms with Crippen LogP contribution in [0.15, 0.2) is 24.3 Å². The number of carbonyl (C=O) groups excluding carboxylic acids is 1. The molecule has 0 radical (unpaired) electrons. The van der Waals surface area contributed by atoms with Crippen molar-refractivity contribution in [3.8, 4) is 0 Å². The molecular formula is C16H23FN2O2. The normalized spacial score (nSPS) is 20.1. The van der Waals surface area contributed by atoms with Crippen LogP contribution < -0.4 is 10.2 Å². The predicted octanol–water partition coefficient (Wildman–Crippen LogP) is 2.34. The van der Waals surface area contributed by atoms with Crippen molar-refractivity contribution in [3.63, 3.8) is 0 Å². The summed E-state index contributed by atoms with van der Waals surface area (Å²) in [4.78, 5) is 14.1. The summed E-state index contributed by atoms with van der Waals surface area (Å²) in [5.74, 6) is -0.313. The van der Waals surface area contributed by atoms with Crippen LogP contribution in [0.2, 0.25) is 0 Å². The number of nitrogens with zero attached hydrogens (tertiary/aromatic N) is 1. The van der Waals surface area contributed by atoms with Gasteiger partial charge in [0.1, 0.15) is 11.9 Å². The van der Waals surface area contributed by atoms with E-state index in [4.69, 9.17) is 4.74 Å². The van der Waals surface area contributed by atoms with E-state index in [-0.39, 0.29) is 17.8 Å². The molecule has 1 aromatic rings. The van der Waals surface area contributed by atoms with E-state index in [0.29, 0.717) is 13.2 Å². The second-order valence-corrected chi connectivity index (χ2v) is 5.37. The van der Waals surface area contributed by atoms with Crippen molar-refractivity contribution in [2.45, 2.75) is 38.8 Å². The van der Waals surface area contributed by atoms with Gasteiger partial charge in [-0.2, -0.15) is 0 Å². The highest BCUT2D eigenvalue weighted by Gasteiger charge is 2.23. The number of benzene rings is 1. The molecular weight excluding hydrogens is 271 g/mol. The minimum Gasteiger partial charge on any atom is -0.369 e. The number of carbonyl (C=O) groups is 1. The summed E-state index contributed by atoms with van der Waals surface area (Å²) in [6.07, 6.45) is 1.49. The summed E-state index contributed by atoms with van der Waals surface area (Å²) in [6.45, 7) is 5.74. The minimum absolute atomic E-state index is 0.0806. The van der Waals surface area contributed by atoms with E-state index < -0.39 is 6.10 Å². The number of rotatable bonds is 5. The van der Waals surface area contributed by atoms with Crippen LogP contribution in [0.3, 0.4) is 0 Å². The van der Waals surface area contributed by atoms with Crippen LogP contribution in [0, 0.1) is 5.82 Å². The Morgan fingerprint density at radius 2 is 2.38 bits per heavy atom. The summed E-state index contributed by atoms with van der Waals surface area (Å²) < 4.78 is 18.6. The first-order valence-corrected chi connectivity index (χ1v) is 7.52. The van der Waals surface area contributed by atoms with Crippen LogP contribution in [-0.2, 0) is 9.53 Å². The molecule has 1 saturated heterocycles. The predicted molar refractivity (Wildman–Crippen MR) is 80.9 cm³/mol. The molecule has 0 saturated carbocycles. The maximum atomic E-state index is 13.3. The van der Waals surface area contributed by atoms with Crippen molar-refractivity contribution in [1.82, 2.24) is 5.32 Å². The van der Waals surface area contributed by atoms with Gasteiger partial charge in [0.05, 0.1) is 0 Å². The van der Waals surface area contributed by atoms with Crippen LogP contribution in [-0.4, -0.2) is 37.7 Å². The summed E-state index contributed by atoms with van der Waals surface area (Å²) in [5.41, 5.74) is 0.867. The average molecular weight is 294 g/mol. The van der Waals surface area contributed by atoms with Gasteiger partial charge in [-0.3, -0.25) is 4.79 Å². The number of ether oxygens (including phenoxy) is 1. The fourth-order valence-corrected chi connectivity index (χ4v) is 2.65. The van der Waals surface area contributed by atoms with Crippen molar-refractivity contribution in [2.75, 3.05) is 24.6 Å². The minimum atomic E-state index is -0.431. The Bertz CT molecular complexity index is 481. The number of hydrogen-bond donors (Lipinski definition) is 1. The molecule has 0 aliphatic carbocycles. The van der Waals surface area contributed by atoms with Crippen LogP contribution in [0.1, 0.15) is 26.7 Å². The Labute approximate surface area is 125 Å². The molecule has 0 aromatic heterocycles. The molecule has 1 heterocycles. The lowest BCUT2D eigenvalue weighted by atomic mass is 10.0. The molecule has 0 spiro atoms. The second kappa shape index (κ2) is 7.41. The first kappa shape index (κ1) is 15.8. The first-order valence-electron chi connectivity index (χ1n) is 7.52. The molecule has 1 amide bonds. The van der Waals surface area contributed by atoms with Crippen molar-refractivity contribution in [2.24, 2.45) is 0 Å². The SMILES string of the molecule is CCOC(C)C(=O)NC1CCCN(c2cccc(F)c2)C1. The third kappa shape index (κ3) is 4.43. The molecule has 2 rings (SSSR count). The van der Waals surface area contributed by atoms with Gasteiger partial charge in [-0.15, -0.1) is 0 Å². The average Bonchev–Trinajstić information content (AvgIpc) is 2.48. The van der Waals surface area contributed by atoms with E-state index in [1.807, 2.05) is 13.0 Å². The summed E-state index contributed by atoms with van der Waals surface area (Å²) >= 11 is 0. The van der Waals surface area contributed by atoms with Crippen LogP contribution in [0.5, 0.6) is 0 Å². The Hall–Kier alpha value is -1.62. The van der Waals surface area contributed by atoms with Gasteiger partial charge in [0.15, 0.2) is 0 Å². The topological polar surface area (TPSA) is 41.6 Å². The zero-order chi connectivity index (χ0) is 15.2. The van der Waals surface area contributed by atoms with Gasteiger partial charge >= 0.3 is 0 Å². The Morgan fingerprint density at radius 3 is 3.10 bits per heavy atom. The van der Waals surface area contributed by atoms with E-state index in [1.165, 1.54) is 12.1 Å². The zero-order valence-corrected chi connectivity index (χ0v) is 12.6. The van der Waals surface area contributed by atoms with Crippen LogP contribution in [0.25, 0.3) is 0 Å². The summed E-state index contributed by atoms with van der Waals surface area (Å²) in [7, 11) is 0. The Kier molecular flexibility index (Phi) is 5.56. The van der Waals surface area contributed by atoms with Crippen molar-refractivity contribution < 1.29 is 13.9 Å². The largest absolute Gasteiger partial charge is 0.369 e. The fourth-order valence-electron chi connectivity index (χ4n) is 2.65. The molecule has 1 aromatic carbocycles. The first-order chi connectivity index (χ1) is 10.1. The zero-order valence-electron chi connectivity index (χ0n) is 12.6. The van der Waals surface area contributed by atoms with E-state index in [9.17, 15) is 9.18 Å². The van der Waals surface area contributed by atoms with Crippen LogP contribution in [0.4, 0.5) is 10.1 Å². The quantitative estimate of drug-likeness (QED) is 0.906. The lowest BCUT2D eigenvalue weighted by Gasteiger charge is -2.35. The molecule has 2 unspecified atom stereocenters. The van der Waals surface area contributed by atoms with Gasteiger partial charge in [0.2, 0.25) is 5.91 Å². The molecule has 1 N–H and O–H groups in total. The number of anilines is 1. The number of nitrogens with one attached hydrogen (secondary N) is 1. The number of halogens is 1. The maximum absolute atomic E-state index is 13.3. The van der Waals surface area contributed by atoms with Gasteiger partial charge in [0.25, 0.3) is 0 Å². The van der Waals surface area contributed by atoms with Gasteiger partial charge in [-0.05, 0) is 44.9 Å². The van der Waals surface area contributed by atoms with E-state index in [1.54, 1.807) is 13.0 Å². The number of piperidine rings is 1. The third-order valence-electron chi connectivity index (χ3n) is 3.73. The molecule has 0 bridgehead atoms. The molecule has 1 aliphatic heterocycles. The smallest absolute Gasteiger partial charge is 0.249 e. The van der Waals surface area contributed by atoms with Crippen LogP contribution >= 0.6 is 0 Å². The van der Waals surface area contributed by atoms with Gasteiger partial charge in [-0.1, -0.05) is 6.07 Å². The maximum Gasteiger partial charge on any atom is 0.249 e. The second-order valence-electron chi connectivity index (χ2n) is 5.37. The summed E-state index contributed by atoms with van der Waals surface area (Å²) in [6, 6.07) is 6.67. The molecule has 1 fully saturated rings. The van der Waals surface area contributed by atoms with Gasteiger partial charge < -0.3 is 15.0 Å². The standard InChI is InChI=1S/C16H23FN2O2/c1-3-21-12(2)16(20)18-14-7-5-9-19(11-14)15-8-4-6-13(17)10-15/h4,6,8,10,12,14H,3,5,7,9,11H2,1-2H3,(H,18,20). The molecule has 5 heteroatoms. The lowest BCUT2D eigenvalue weighted by Crippen LogP contribution is -2.50. The molecule has 4 nitrogen and oxygen atoms in total. The molecule has 2 atom stereocenters. The van der Waals surface area contributed by atoms with E-state index >= 15 is 0 Å². The fraction of sp³-hybridized carbons (Fsp3) is 0.562. The van der Waals surface area contributed by atoms with Gasteiger partial charge in [0, 0.05) is 31.4 Å². The summed E-state index contributed by atoms with van der Waals surface area (Å²) in [5, 5.41) is 3.02. The Morgan fingerprint density at radius 1 is 1.57 bits per heavy atom. The highest BCUT2D eigenvalue weighted by atomic mass is 19.1. The molecule has 21 heavy (non-hydrogen) atoms.